The molecule has 0 saturated heterocycles. The van der Waals surface area contributed by atoms with Crippen molar-refractivity contribution >= 4 is 5.91 Å². The average Bonchev–Trinajstić information content (AvgIpc) is 2.38. The van der Waals surface area contributed by atoms with Gasteiger partial charge in [-0.3, -0.25) is 9.78 Å². The van der Waals surface area contributed by atoms with Crippen LogP contribution in [0.3, 0.4) is 0 Å². The Bertz CT molecular complexity index is 385. The number of rotatable bonds is 7. The van der Waals surface area contributed by atoms with Crippen LogP contribution in [0.25, 0.3) is 0 Å². The lowest BCUT2D eigenvalue weighted by Crippen LogP contribution is -2.33. The SMILES string of the molecule is COCC(N)CCNC(=O)c1ccncc1OC. The van der Waals surface area contributed by atoms with Crippen LogP contribution in [0.4, 0.5) is 0 Å². The minimum Gasteiger partial charge on any atom is -0.494 e. The zero-order valence-corrected chi connectivity index (χ0v) is 10.7. The number of hydrogen-bond acceptors (Lipinski definition) is 5. The summed E-state index contributed by atoms with van der Waals surface area (Å²) < 4.78 is 9.98. The number of amides is 1. The van der Waals surface area contributed by atoms with Gasteiger partial charge in [0.2, 0.25) is 0 Å². The van der Waals surface area contributed by atoms with Gasteiger partial charge < -0.3 is 20.5 Å². The fraction of sp³-hybridized carbons (Fsp3) is 0.500. The maximum absolute atomic E-state index is 11.9. The smallest absolute Gasteiger partial charge is 0.255 e. The van der Waals surface area contributed by atoms with Gasteiger partial charge >= 0.3 is 0 Å². The van der Waals surface area contributed by atoms with E-state index in [4.69, 9.17) is 15.2 Å². The molecular weight excluding hydrogens is 234 g/mol. The van der Waals surface area contributed by atoms with E-state index in [-0.39, 0.29) is 11.9 Å². The summed E-state index contributed by atoms with van der Waals surface area (Å²) in [6.07, 6.45) is 3.71. The molecule has 1 amide bonds. The van der Waals surface area contributed by atoms with Gasteiger partial charge in [-0.2, -0.15) is 0 Å². The predicted octanol–water partition coefficient (Wildman–Crippen LogP) is 0.184. The highest BCUT2D eigenvalue weighted by molar-refractivity contribution is 5.96. The topological polar surface area (TPSA) is 86.5 Å². The Kier molecular flexibility index (Phi) is 6.10. The largest absolute Gasteiger partial charge is 0.494 e. The Balaban J connectivity index is 2.45. The fourth-order valence-corrected chi connectivity index (χ4v) is 1.49. The maximum atomic E-state index is 11.9. The first-order valence-electron chi connectivity index (χ1n) is 5.69. The van der Waals surface area contributed by atoms with E-state index < -0.39 is 0 Å². The van der Waals surface area contributed by atoms with Crippen molar-refractivity contribution in [1.29, 1.82) is 0 Å². The molecule has 1 unspecified atom stereocenters. The summed E-state index contributed by atoms with van der Waals surface area (Å²) >= 11 is 0. The molecule has 1 aromatic heterocycles. The number of pyridine rings is 1. The first-order chi connectivity index (χ1) is 8.69. The molecule has 0 aliphatic carbocycles. The molecule has 1 heterocycles. The van der Waals surface area contributed by atoms with Crippen molar-refractivity contribution in [3.05, 3.63) is 24.0 Å². The summed E-state index contributed by atoms with van der Waals surface area (Å²) in [4.78, 5) is 15.8. The number of carbonyl (C=O) groups is 1. The van der Waals surface area contributed by atoms with E-state index in [0.29, 0.717) is 30.9 Å². The summed E-state index contributed by atoms with van der Waals surface area (Å²) in [6, 6.07) is 1.54. The van der Waals surface area contributed by atoms with Gasteiger partial charge in [-0.1, -0.05) is 0 Å². The number of nitrogens with one attached hydrogen (secondary N) is 1. The van der Waals surface area contributed by atoms with Crippen LogP contribution in [0.15, 0.2) is 18.5 Å². The zero-order chi connectivity index (χ0) is 13.4. The van der Waals surface area contributed by atoms with Crippen molar-refractivity contribution in [3.63, 3.8) is 0 Å². The summed E-state index contributed by atoms with van der Waals surface area (Å²) in [5, 5.41) is 2.78. The Hall–Kier alpha value is -1.66. The van der Waals surface area contributed by atoms with Gasteiger partial charge in [-0.25, -0.2) is 0 Å². The molecule has 0 spiro atoms. The van der Waals surface area contributed by atoms with E-state index in [2.05, 4.69) is 10.3 Å². The second-order valence-electron chi connectivity index (χ2n) is 3.84. The van der Waals surface area contributed by atoms with Gasteiger partial charge in [-0.15, -0.1) is 0 Å². The Morgan fingerprint density at radius 1 is 1.56 bits per heavy atom. The fourth-order valence-electron chi connectivity index (χ4n) is 1.49. The molecular formula is C12H19N3O3. The van der Waals surface area contributed by atoms with Crippen LogP contribution >= 0.6 is 0 Å². The van der Waals surface area contributed by atoms with E-state index in [1.54, 1.807) is 19.4 Å². The first kappa shape index (κ1) is 14.4. The van der Waals surface area contributed by atoms with E-state index >= 15 is 0 Å². The molecule has 18 heavy (non-hydrogen) atoms. The Labute approximate surface area is 106 Å². The monoisotopic (exact) mass is 253 g/mol. The normalized spacial score (nSPS) is 11.9. The van der Waals surface area contributed by atoms with E-state index in [0.717, 1.165) is 0 Å². The minimum atomic E-state index is -0.195. The molecule has 6 nitrogen and oxygen atoms in total. The molecule has 3 N–H and O–H groups in total. The molecule has 100 valence electrons. The van der Waals surface area contributed by atoms with Crippen molar-refractivity contribution < 1.29 is 14.3 Å². The van der Waals surface area contributed by atoms with Crippen LogP contribution in [0.1, 0.15) is 16.8 Å². The molecule has 0 fully saturated rings. The van der Waals surface area contributed by atoms with Gasteiger partial charge in [0, 0.05) is 25.9 Å². The quantitative estimate of drug-likeness (QED) is 0.724. The third kappa shape index (κ3) is 4.31. The van der Waals surface area contributed by atoms with Crippen molar-refractivity contribution in [2.75, 3.05) is 27.4 Å². The molecule has 1 atom stereocenters. The third-order valence-electron chi connectivity index (χ3n) is 2.43. The highest BCUT2D eigenvalue weighted by Crippen LogP contribution is 2.14. The summed E-state index contributed by atoms with van der Waals surface area (Å²) in [6.45, 7) is 0.975. The van der Waals surface area contributed by atoms with Gasteiger partial charge in [0.25, 0.3) is 5.91 Å². The van der Waals surface area contributed by atoms with E-state index in [1.807, 2.05) is 0 Å². The second kappa shape index (κ2) is 7.62. The summed E-state index contributed by atoms with van der Waals surface area (Å²) in [7, 11) is 3.10. The van der Waals surface area contributed by atoms with Crippen LogP contribution in [-0.2, 0) is 4.74 Å². The van der Waals surface area contributed by atoms with Crippen LogP contribution < -0.4 is 15.8 Å². The molecule has 0 aromatic carbocycles. The number of methoxy groups -OCH3 is 2. The first-order valence-corrected chi connectivity index (χ1v) is 5.69. The number of nitrogens with zero attached hydrogens (tertiary/aromatic N) is 1. The zero-order valence-electron chi connectivity index (χ0n) is 10.7. The van der Waals surface area contributed by atoms with Gasteiger partial charge in [-0.05, 0) is 12.5 Å². The lowest BCUT2D eigenvalue weighted by Gasteiger charge is -2.12. The molecule has 0 radical (unpaired) electrons. The van der Waals surface area contributed by atoms with Gasteiger partial charge in [0.05, 0.1) is 25.5 Å². The molecule has 0 saturated carbocycles. The molecule has 0 aliphatic rings. The van der Waals surface area contributed by atoms with Crippen LogP contribution in [0, 0.1) is 0 Å². The number of nitrogens with two attached hydrogens (primary N) is 1. The molecule has 1 rings (SSSR count). The standard InChI is InChI=1S/C12H19N3O3/c1-17-8-9(13)3-6-15-12(16)10-4-5-14-7-11(10)18-2/h4-5,7,9H,3,6,8,13H2,1-2H3,(H,15,16). The third-order valence-corrected chi connectivity index (χ3v) is 2.43. The second-order valence-corrected chi connectivity index (χ2v) is 3.84. The lowest BCUT2D eigenvalue weighted by atomic mass is 10.2. The molecule has 6 heteroatoms. The van der Waals surface area contributed by atoms with Crippen molar-refractivity contribution in [2.45, 2.75) is 12.5 Å². The molecule has 1 aromatic rings. The Morgan fingerprint density at radius 2 is 2.33 bits per heavy atom. The van der Waals surface area contributed by atoms with Crippen LogP contribution in [-0.4, -0.2) is 44.3 Å². The predicted molar refractivity (Wildman–Crippen MR) is 67.6 cm³/mol. The lowest BCUT2D eigenvalue weighted by molar-refractivity contribution is 0.0947. The van der Waals surface area contributed by atoms with Crippen molar-refractivity contribution in [1.82, 2.24) is 10.3 Å². The van der Waals surface area contributed by atoms with Gasteiger partial charge in [0.15, 0.2) is 0 Å². The maximum Gasteiger partial charge on any atom is 0.255 e. The molecule has 0 aliphatic heterocycles. The van der Waals surface area contributed by atoms with Crippen molar-refractivity contribution in [3.8, 4) is 5.75 Å². The summed E-state index contributed by atoms with van der Waals surface area (Å²) in [5.41, 5.74) is 6.22. The summed E-state index contributed by atoms with van der Waals surface area (Å²) in [5.74, 6) is 0.259. The van der Waals surface area contributed by atoms with E-state index in [9.17, 15) is 4.79 Å². The average molecular weight is 253 g/mol. The number of aromatic nitrogens is 1. The number of hydrogen-bond donors (Lipinski definition) is 2. The van der Waals surface area contributed by atoms with Crippen LogP contribution in [0.5, 0.6) is 5.75 Å². The highest BCUT2D eigenvalue weighted by Gasteiger charge is 2.11. The van der Waals surface area contributed by atoms with Crippen molar-refractivity contribution in [2.24, 2.45) is 5.73 Å². The number of ether oxygens (including phenoxy) is 2. The van der Waals surface area contributed by atoms with Gasteiger partial charge in [0.1, 0.15) is 5.75 Å². The van der Waals surface area contributed by atoms with E-state index in [1.165, 1.54) is 13.3 Å². The molecule has 0 bridgehead atoms. The Morgan fingerprint density at radius 3 is 3.00 bits per heavy atom. The van der Waals surface area contributed by atoms with Crippen LogP contribution in [0.2, 0.25) is 0 Å². The minimum absolute atomic E-state index is 0.0744. The highest BCUT2D eigenvalue weighted by atomic mass is 16.5. The number of carbonyl (C=O) groups excluding carboxylic acids is 1.